The van der Waals surface area contributed by atoms with Gasteiger partial charge >= 0.3 is 5.97 Å². The summed E-state index contributed by atoms with van der Waals surface area (Å²) in [7, 11) is 0. The van der Waals surface area contributed by atoms with E-state index in [0.717, 1.165) is 5.56 Å². The Morgan fingerprint density at radius 3 is 2.33 bits per heavy atom. The summed E-state index contributed by atoms with van der Waals surface area (Å²) >= 11 is 0. The molecular weight excluding hydrogens is 194 g/mol. The molecule has 0 heterocycles. The van der Waals surface area contributed by atoms with Crippen molar-refractivity contribution in [1.29, 1.82) is 0 Å². The standard InChI is InChI=1S/C11H12NO3/c1-8-2-4-9(5-3-8)12-10(13)6-7-11(14)15/h2-5H,1,6-7H2,(H,12,13)(H,14,15). The molecule has 0 aromatic heterocycles. The highest BCUT2D eigenvalue weighted by molar-refractivity contribution is 5.92. The van der Waals surface area contributed by atoms with Crippen LogP contribution in [0.25, 0.3) is 0 Å². The van der Waals surface area contributed by atoms with E-state index in [2.05, 4.69) is 12.2 Å². The largest absolute Gasteiger partial charge is 0.481 e. The predicted molar refractivity (Wildman–Crippen MR) is 56.4 cm³/mol. The Labute approximate surface area is 87.9 Å². The van der Waals surface area contributed by atoms with Crippen LogP contribution >= 0.6 is 0 Å². The molecule has 0 saturated carbocycles. The van der Waals surface area contributed by atoms with E-state index < -0.39 is 5.97 Å². The van der Waals surface area contributed by atoms with Gasteiger partial charge in [-0.25, -0.2) is 0 Å². The molecule has 1 aromatic rings. The summed E-state index contributed by atoms with van der Waals surface area (Å²) in [6, 6.07) is 6.99. The fourth-order valence-corrected chi connectivity index (χ4v) is 1.03. The molecule has 0 saturated heterocycles. The topological polar surface area (TPSA) is 66.4 Å². The van der Waals surface area contributed by atoms with E-state index in [0.29, 0.717) is 5.69 Å². The number of amides is 1. The quantitative estimate of drug-likeness (QED) is 0.787. The monoisotopic (exact) mass is 206 g/mol. The van der Waals surface area contributed by atoms with Crippen LogP contribution in [0.5, 0.6) is 0 Å². The van der Waals surface area contributed by atoms with E-state index in [1.54, 1.807) is 24.3 Å². The highest BCUT2D eigenvalue weighted by Crippen LogP contribution is 2.09. The number of anilines is 1. The Morgan fingerprint density at radius 2 is 1.80 bits per heavy atom. The van der Waals surface area contributed by atoms with Crippen LogP contribution in [-0.4, -0.2) is 17.0 Å². The van der Waals surface area contributed by atoms with E-state index in [1.165, 1.54) is 0 Å². The van der Waals surface area contributed by atoms with Gasteiger partial charge < -0.3 is 10.4 Å². The van der Waals surface area contributed by atoms with Crippen LogP contribution in [0.2, 0.25) is 0 Å². The summed E-state index contributed by atoms with van der Waals surface area (Å²) in [6.45, 7) is 3.71. The zero-order valence-corrected chi connectivity index (χ0v) is 8.19. The van der Waals surface area contributed by atoms with Crippen LogP contribution in [-0.2, 0) is 9.59 Å². The maximum atomic E-state index is 11.2. The normalized spacial score (nSPS) is 9.67. The number of carbonyl (C=O) groups is 2. The summed E-state index contributed by atoms with van der Waals surface area (Å²) in [5, 5.41) is 11.0. The lowest BCUT2D eigenvalue weighted by Gasteiger charge is -2.03. The molecule has 0 spiro atoms. The molecule has 0 unspecified atom stereocenters. The van der Waals surface area contributed by atoms with Gasteiger partial charge in [-0.05, 0) is 24.6 Å². The third-order valence-corrected chi connectivity index (χ3v) is 1.80. The molecule has 1 radical (unpaired) electrons. The third kappa shape index (κ3) is 4.26. The Bertz CT molecular complexity index is 357. The number of hydrogen-bond donors (Lipinski definition) is 2. The zero-order valence-electron chi connectivity index (χ0n) is 8.19. The first kappa shape index (κ1) is 11.2. The molecule has 15 heavy (non-hydrogen) atoms. The van der Waals surface area contributed by atoms with Gasteiger partial charge in [-0.15, -0.1) is 0 Å². The van der Waals surface area contributed by atoms with Gasteiger partial charge in [0, 0.05) is 12.1 Å². The molecule has 0 fully saturated rings. The van der Waals surface area contributed by atoms with E-state index in [9.17, 15) is 9.59 Å². The number of hydrogen-bond acceptors (Lipinski definition) is 2. The predicted octanol–water partition coefficient (Wildman–Crippen LogP) is 1.67. The molecular formula is C11H12NO3. The fourth-order valence-electron chi connectivity index (χ4n) is 1.03. The average Bonchev–Trinajstić information content (AvgIpc) is 2.19. The average molecular weight is 206 g/mol. The second-order valence-corrected chi connectivity index (χ2v) is 3.14. The lowest BCUT2D eigenvalue weighted by atomic mass is 10.2. The van der Waals surface area contributed by atoms with Gasteiger partial charge in [-0.3, -0.25) is 9.59 Å². The molecule has 0 bridgehead atoms. The maximum absolute atomic E-state index is 11.2. The summed E-state index contributed by atoms with van der Waals surface area (Å²) in [4.78, 5) is 21.4. The fraction of sp³-hybridized carbons (Fsp3) is 0.182. The van der Waals surface area contributed by atoms with E-state index in [4.69, 9.17) is 5.11 Å². The summed E-state index contributed by atoms with van der Waals surface area (Å²) < 4.78 is 0. The second-order valence-electron chi connectivity index (χ2n) is 3.14. The SMILES string of the molecule is [CH2]c1ccc(NC(=O)CCC(=O)O)cc1. The molecule has 0 aliphatic rings. The van der Waals surface area contributed by atoms with E-state index >= 15 is 0 Å². The number of benzene rings is 1. The first-order valence-electron chi connectivity index (χ1n) is 4.51. The van der Waals surface area contributed by atoms with Crippen molar-refractivity contribution in [1.82, 2.24) is 0 Å². The van der Waals surface area contributed by atoms with Crippen LogP contribution in [0, 0.1) is 6.92 Å². The van der Waals surface area contributed by atoms with Crippen LogP contribution in [0.1, 0.15) is 18.4 Å². The minimum Gasteiger partial charge on any atom is -0.481 e. The van der Waals surface area contributed by atoms with Crippen LogP contribution < -0.4 is 5.32 Å². The highest BCUT2D eigenvalue weighted by atomic mass is 16.4. The molecule has 1 amide bonds. The van der Waals surface area contributed by atoms with Crippen LogP contribution in [0.15, 0.2) is 24.3 Å². The molecule has 0 atom stereocenters. The Kier molecular flexibility index (Phi) is 3.85. The number of aliphatic carboxylic acids is 1. The minimum atomic E-state index is -0.974. The van der Waals surface area contributed by atoms with Crippen molar-refractivity contribution in [2.24, 2.45) is 0 Å². The van der Waals surface area contributed by atoms with Gasteiger partial charge in [0.2, 0.25) is 5.91 Å². The van der Waals surface area contributed by atoms with Crippen molar-refractivity contribution in [2.45, 2.75) is 12.8 Å². The first-order valence-corrected chi connectivity index (χ1v) is 4.51. The van der Waals surface area contributed by atoms with Gasteiger partial charge in [0.25, 0.3) is 0 Å². The maximum Gasteiger partial charge on any atom is 0.303 e. The smallest absolute Gasteiger partial charge is 0.303 e. The minimum absolute atomic E-state index is 0.0124. The molecule has 1 aromatic carbocycles. The van der Waals surface area contributed by atoms with Crippen molar-refractivity contribution >= 4 is 17.6 Å². The molecule has 79 valence electrons. The van der Waals surface area contributed by atoms with Gasteiger partial charge in [0.1, 0.15) is 0 Å². The number of carboxylic acid groups (broad SMARTS) is 1. The Morgan fingerprint density at radius 1 is 1.20 bits per heavy atom. The molecule has 4 nitrogen and oxygen atoms in total. The van der Waals surface area contributed by atoms with Crippen molar-refractivity contribution in [3.8, 4) is 0 Å². The van der Waals surface area contributed by atoms with Crippen molar-refractivity contribution in [3.05, 3.63) is 36.8 Å². The van der Waals surface area contributed by atoms with Crippen LogP contribution in [0.4, 0.5) is 5.69 Å². The Hall–Kier alpha value is -1.84. The molecule has 2 N–H and O–H groups in total. The van der Waals surface area contributed by atoms with Crippen molar-refractivity contribution in [3.63, 3.8) is 0 Å². The summed E-state index contributed by atoms with van der Waals surface area (Å²) in [5.41, 5.74) is 1.51. The summed E-state index contributed by atoms with van der Waals surface area (Å²) in [5.74, 6) is -1.27. The molecule has 0 aliphatic carbocycles. The molecule has 0 aliphatic heterocycles. The van der Waals surface area contributed by atoms with Gasteiger partial charge in [-0.2, -0.15) is 0 Å². The lowest BCUT2D eigenvalue weighted by molar-refractivity contribution is -0.138. The van der Waals surface area contributed by atoms with Crippen LogP contribution in [0.3, 0.4) is 0 Å². The van der Waals surface area contributed by atoms with E-state index in [1.807, 2.05) is 0 Å². The lowest BCUT2D eigenvalue weighted by Crippen LogP contribution is -2.13. The van der Waals surface area contributed by atoms with Crippen molar-refractivity contribution < 1.29 is 14.7 Å². The zero-order chi connectivity index (χ0) is 11.3. The highest BCUT2D eigenvalue weighted by Gasteiger charge is 2.05. The Balaban J connectivity index is 2.44. The first-order chi connectivity index (χ1) is 7.08. The van der Waals surface area contributed by atoms with Gasteiger partial charge in [0.05, 0.1) is 6.42 Å². The number of nitrogens with one attached hydrogen (secondary N) is 1. The second kappa shape index (κ2) is 5.14. The number of carboxylic acids is 1. The molecule has 1 rings (SSSR count). The third-order valence-electron chi connectivity index (χ3n) is 1.80. The van der Waals surface area contributed by atoms with E-state index in [-0.39, 0.29) is 18.7 Å². The number of rotatable bonds is 4. The van der Waals surface area contributed by atoms with Gasteiger partial charge in [-0.1, -0.05) is 12.1 Å². The van der Waals surface area contributed by atoms with Gasteiger partial charge in [0.15, 0.2) is 0 Å². The molecule has 4 heteroatoms. The van der Waals surface area contributed by atoms with Crippen molar-refractivity contribution in [2.75, 3.05) is 5.32 Å². The number of carbonyl (C=O) groups excluding carboxylic acids is 1. The summed E-state index contributed by atoms with van der Waals surface area (Å²) in [6.07, 6.45) is -0.166.